The highest BCUT2D eigenvalue weighted by atomic mass is 19.4. The molecule has 0 radical (unpaired) electrons. The summed E-state index contributed by atoms with van der Waals surface area (Å²) < 4.78 is 35.2. The van der Waals surface area contributed by atoms with Crippen LogP contribution in [0.4, 0.5) is 13.2 Å². The summed E-state index contributed by atoms with van der Waals surface area (Å²) in [4.78, 5) is 0. The fourth-order valence-electron chi connectivity index (χ4n) is 0.846. The lowest BCUT2D eigenvalue weighted by atomic mass is 9.92. The summed E-state index contributed by atoms with van der Waals surface area (Å²) in [6, 6.07) is 0. The van der Waals surface area contributed by atoms with Gasteiger partial charge in [0.1, 0.15) is 0 Å². The molecule has 1 unspecified atom stereocenters. The molecule has 0 aliphatic rings. The monoisotopic (exact) mass is 196 g/mol. The van der Waals surface area contributed by atoms with Crippen LogP contribution in [0.25, 0.3) is 0 Å². The van der Waals surface area contributed by atoms with Crippen molar-refractivity contribution in [1.29, 1.82) is 0 Å². The lowest BCUT2D eigenvalue weighted by Crippen LogP contribution is -2.25. The number of aliphatic hydroxyl groups is 1. The van der Waals surface area contributed by atoms with E-state index in [0.29, 0.717) is 5.57 Å². The molecule has 0 bridgehead atoms. The first-order valence-corrected chi connectivity index (χ1v) is 4.10. The van der Waals surface area contributed by atoms with Gasteiger partial charge in [-0.1, -0.05) is 6.58 Å². The highest BCUT2D eigenvalue weighted by Crippen LogP contribution is 2.27. The second kappa shape index (κ2) is 4.13. The molecule has 0 saturated heterocycles. The predicted octanol–water partition coefficient (Wildman–Crippen LogP) is 3.05. The lowest BCUT2D eigenvalue weighted by Gasteiger charge is -2.23. The normalized spacial score (nSPS) is 16.8. The van der Waals surface area contributed by atoms with E-state index in [2.05, 4.69) is 6.58 Å². The largest absolute Gasteiger partial charge is 0.389 e. The molecule has 0 spiro atoms. The van der Waals surface area contributed by atoms with Crippen LogP contribution in [0.3, 0.4) is 0 Å². The Balaban J connectivity index is 3.84. The fraction of sp³-hybridized carbons (Fsp3) is 0.778. The zero-order chi connectivity index (χ0) is 10.7. The lowest BCUT2D eigenvalue weighted by molar-refractivity contribution is -0.137. The topological polar surface area (TPSA) is 20.2 Å². The molecule has 1 atom stereocenters. The second-order valence-electron chi connectivity index (χ2n) is 3.52. The highest BCUT2D eigenvalue weighted by Gasteiger charge is 2.29. The summed E-state index contributed by atoms with van der Waals surface area (Å²) >= 11 is 0. The molecule has 1 nitrogen and oxygen atoms in total. The minimum absolute atomic E-state index is 0.0661. The molecule has 0 aliphatic heterocycles. The Labute approximate surface area is 76.3 Å². The first-order valence-electron chi connectivity index (χ1n) is 4.10. The van der Waals surface area contributed by atoms with Gasteiger partial charge in [0.05, 0.1) is 5.60 Å². The SMILES string of the molecule is C=C(C)C(C)(O)CCCC(F)(F)F. The van der Waals surface area contributed by atoms with Crippen LogP contribution >= 0.6 is 0 Å². The van der Waals surface area contributed by atoms with E-state index in [1.807, 2.05) is 0 Å². The molecule has 0 aromatic carbocycles. The summed E-state index contributed by atoms with van der Waals surface area (Å²) in [5.41, 5.74) is -0.680. The average Bonchev–Trinajstić information content (AvgIpc) is 1.82. The number of alkyl halides is 3. The van der Waals surface area contributed by atoms with E-state index in [9.17, 15) is 18.3 Å². The fourth-order valence-corrected chi connectivity index (χ4v) is 0.846. The average molecular weight is 196 g/mol. The van der Waals surface area contributed by atoms with Crippen molar-refractivity contribution in [2.24, 2.45) is 0 Å². The Morgan fingerprint density at radius 2 is 1.77 bits per heavy atom. The van der Waals surface area contributed by atoms with Crippen molar-refractivity contribution < 1.29 is 18.3 Å². The zero-order valence-electron chi connectivity index (χ0n) is 7.91. The van der Waals surface area contributed by atoms with Gasteiger partial charge in [-0.3, -0.25) is 0 Å². The maximum Gasteiger partial charge on any atom is 0.389 e. The van der Waals surface area contributed by atoms with Gasteiger partial charge in [-0.15, -0.1) is 0 Å². The van der Waals surface area contributed by atoms with Crippen molar-refractivity contribution in [3.63, 3.8) is 0 Å². The summed E-state index contributed by atoms with van der Waals surface area (Å²) in [6.07, 6.45) is -4.95. The van der Waals surface area contributed by atoms with Crippen molar-refractivity contribution in [3.8, 4) is 0 Å². The van der Waals surface area contributed by atoms with Crippen LogP contribution in [0.1, 0.15) is 33.1 Å². The van der Waals surface area contributed by atoms with E-state index >= 15 is 0 Å². The van der Waals surface area contributed by atoms with Gasteiger partial charge in [-0.05, 0) is 32.3 Å². The van der Waals surface area contributed by atoms with Crippen molar-refractivity contribution in [2.75, 3.05) is 0 Å². The quantitative estimate of drug-likeness (QED) is 0.685. The molecule has 78 valence electrons. The van der Waals surface area contributed by atoms with E-state index < -0.39 is 18.2 Å². The highest BCUT2D eigenvalue weighted by molar-refractivity contribution is 5.06. The summed E-state index contributed by atoms with van der Waals surface area (Å²) in [7, 11) is 0. The second-order valence-corrected chi connectivity index (χ2v) is 3.52. The maximum atomic E-state index is 11.7. The molecule has 0 amide bonds. The van der Waals surface area contributed by atoms with Gasteiger partial charge in [0.2, 0.25) is 0 Å². The Morgan fingerprint density at radius 1 is 1.31 bits per heavy atom. The van der Waals surface area contributed by atoms with Crippen molar-refractivity contribution >= 4 is 0 Å². The molecular weight excluding hydrogens is 181 g/mol. The number of hydrogen-bond acceptors (Lipinski definition) is 1. The molecule has 0 saturated carbocycles. The zero-order valence-corrected chi connectivity index (χ0v) is 7.91. The van der Waals surface area contributed by atoms with Gasteiger partial charge >= 0.3 is 6.18 Å². The van der Waals surface area contributed by atoms with E-state index in [4.69, 9.17) is 0 Å². The van der Waals surface area contributed by atoms with Gasteiger partial charge in [-0.25, -0.2) is 0 Å². The standard InChI is InChI=1S/C9H15F3O/c1-7(2)8(3,13)5-4-6-9(10,11)12/h13H,1,4-6H2,2-3H3. The molecule has 0 heterocycles. The van der Waals surface area contributed by atoms with Gasteiger partial charge in [0, 0.05) is 6.42 Å². The minimum atomic E-state index is -4.13. The molecular formula is C9H15F3O. The van der Waals surface area contributed by atoms with Gasteiger partial charge in [-0.2, -0.15) is 13.2 Å². The third kappa shape index (κ3) is 5.69. The Bertz CT molecular complexity index is 182. The molecule has 0 aromatic heterocycles. The van der Waals surface area contributed by atoms with Gasteiger partial charge < -0.3 is 5.11 Å². The van der Waals surface area contributed by atoms with E-state index in [-0.39, 0.29) is 12.8 Å². The maximum absolute atomic E-state index is 11.7. The van der Waals surface area contributed by atoms with E-state index in [0.717, 1.165) is 0 Å². The third-order valence-corrected chi connectivity index (χ3v) is 2.04. The molecule has 0 fully saturated rings. The Hall–Kier alpha value is -0.510. The van der Waals surface area contributed by atoms with Gasteiger partial charge in [0.25, 0.3) is 0 Å². The first-order chi connectivity index (χ1) is 5.65. The summed E-state index contributed by atoms with van der Waals surface area (Å²) in [5, 5.41) is 9.52. The van der Waals surface area contributed by atoms with Crippen LogP contribution in [-0.4, -0.2) is 16.9 Å². The Morgan fingerprint density at radius 3 is 2.08 bits per heavy atom. The molecule has 4 heteroatoms. The van der Waals surface area contributed by atoms with Crippen LogP contribution in [0.15, 0.2) is 12.2 Å². The molecule has 0 aromatic rings. The van der Waals surface area contributed by atoms with Gasteiger partial charge in [0.15, 0.2) is 0 Å². The number of rotatable bonds is 4. The smallest absolute Gasteiger partial charge is 0.386 e. The van der Waals surface area contributed by atoms with Crippen LogP contribution < -0.4 is 0 Å². The predicted molar refractivity (Wildman–Crippen MR) is 45.3 cm³/mol. The van der Waals surface area contributed by atoms with Crippen molar-refractivity contribution in [3.05, 3.63) is 12.2 Å². The molecule has 0 rings (SSSR count). The molecule has 13 heavy (non-hydrogen) atoms. The summed E-state index contributed by atoms with van der Waals surface area (Å²) in [5.74, 6) is 0. The summed E-state index contributed by atoms with van der Waals surface area (Å²) in [6.45, 7) is 6.59. The van der Waals surface area contributed by atoms with Crippen molar-refractivity contribution in [1.82, 2.24) is 0 Å². The molecule has 1 N–H and O–H groups in total. The molecule has 0 aliphatic carbocycles. The third-order valence-electron chi connectivity index (χ3n) is 2.04. The number of hydrogen-bond donors (Lipinski definition) is 1. The minimum Gasteiger partial charge on any atom is -0.386 e. The van der Waals surface area contributed by atoms with E-state index in [1.165, 1.54) is 6.92 Å². The van der Waals surface area contributed by atoms with Crippen LogP contribution in [-0.2, 0) is 0 Å². The van der Waals surface area contributed by atoms with Crippen LogP contribution in [0.5, 0.6) is 0 Å². The first kappa shape index (κ1) is 12.5. The number of halogens is 3. The van der Waals surface area contributed by atoms with Crippen LogP contribution in [0.2, 0.25) is 0 Å². The van der Waals surface area contributed by atoms with Crippen LogP contribution in [0, 0.1) is 0 Å². The van der Waals surface area contributed by atoms with Crippen molar-refractivity contribution in [2.45, 2.75) is 44.9 Å². The Kier molecular flexibility index (Phi) is 3.97. The van der Waals surface area contributed by atoms with E-state index in [1.54, 1.807) is 6.92 Å².